The van der Waals surface area contributed by atoms with Crippen molar-refractivity contribution in [3.63, 3.8) is 0 Å². The number of benzene rings is 1. The molecule has 37 heavy (non-hydrogen) atoms. The Morgan fingerprint density at radius 1 is 1.16 bits per heavy atom. The van der Waals surface area contributed by atoms with Gasteiger partial charge in [-0.05, 0) is 64.0 Å². The Balaban J connectivity index is 1.61. The lowest BCUT2D eigenvalue weighted by Crippen LogP contribution is -2.42. The highest BCUT2D eigenvalue weighted by Crippen LogP contribution is 2.41. The minimum absolute atomic E-state index is 0.00507. The van der Waals surface area contributed by atoms with Crippen LogP contribution in [0, 0.1) is 5.92 Å². The number of carbonyl (C=O) groups is 3. The van der Waals surface area contributed by atoms with Crippen molar-refractivity contribution in [2.45, 2.75) is 89.6 Å². The highest BCUT2D eigenvalue weighted by atomic mass is 16.5. The number of carboxylic acid groups (broad SMARTS) is 1. The molecule has 2 unspecified atom stereocenters. The molecular weight excluding hydrogens is 472 g/mol. The van der Waals surface area contributed by atoms with Crippen LogP contribution in [-0.2, 0) is 20.7 Å². The van der Waals surface area contributed by atoms with E-state index >= 15 is 0 Å². The minimum Gasteiger partial charge on any atom is -0.481 e. The average molecular weight is 511 g/mol. The molecule has 1 saturated heterocycles. The molecular formula is C28H38N4O5. The third kappa shape index (κ3) is 4.68. The van der Waals surface area contributed by atoms with Gasteiger partial charge in [-0.3, -0.25) is 14.5 Å². The first-order valence-electron chi connectivity index (χ1n) is 13.7. The van der Waals surface area contributed by atoms with Gasteiger partial charge in [-0.25, -0.2) is 9.78 Å². The maximum Gasteiger partial charge on any atom is 0.414 e. The first-order chi connectivity index (χ1) is 17.8. The molecule has 1 N–H and O–H groups in total. The Bertz CT molecular complexity index is 1210. The van der Waals surface area contributed by atoms with Crippen LogP contribution < -0.4 is 4.90 Å². The van der Waals surface area contributed by atoms with Gasteiger partial charge in [0.1, 0.15) is 5.82 Å². The van der Waals surface area contributed by atoms with Crippen molar-refractivity contribution < 1.29 is 24.2 Å². The van der Waals surface area contributed by atoms with E-state index in [-0.39, 0.29) is 35.9 Å². The summed E-state index contributed by atoms with van der Waals surface area (Å²) in [6.07, 6.45) is 6.85. The number of aliphatic carboxylic acids is 1. The van der Waals surface area contributed by atoms with Gasteiger partial charge in [0.05, 0.1) is 29.7 Å². The molecule has 2 aromatic rings. The van der Waals surface area contributed by atoms with Gasteiger partial charge in [-0.1, -0.05) is 13.3 Å². The molecule has 4 atom stereocenters. The molecule has 2 fully saturated rings. The van der Waals surface area contributed by atoms with Gasteiger partial charge in [-0.2, -0.15) is 0 Å². The lowest BCUT2D eigenvalue weighted by molar-refractivity contribution is -0.143. The largest absolute Gasteiger partial charge is 0.481 e. The van der Waals surface area contributed by atoms with E-state index in [1.807, 2.05) is 24.0 Å². The number of hydrogen-bond acceptors (Lipinski definition) is 5. The molecule has 1 aromatic carbocycles. The van der Waals surface area contributed by atoms with Gasteiger partial charge in [-0.15, -0.1) is 0 Å². The number of piperidine rings is 1. The topological polar surface area (TPSA) is 105 Å². The number of hydrogen-bond donors (Lipinski definition) is 1. The molecule has 0 bridgehead atoms. The van der Waals surface area contributed by atoms with Gasteiger partial charge in [0, 0.05) is 43.1 Å². The van der Waals surface area contributed by atoms with Crippen LogP contribution in [-0.4, -0.2) is 63.8 Å². The van der Waals surface area contributed by atoms with E-state index in [2.05, 4.69) is 11.5 Å². The Morgan fingerprint density at radius 3 is 2.70 bits per heavy atom. The molecule has 0 radical (unpaired) electrons. The summed E-state index contributed by atoms with van der Waals surface area (Å²) in [5.74, 6) is -0.000854. The molecule has 0 spiro atoms. The van der Waals surface area contributed by atoms with Crippen molar-refractivity contribution in [3.05, 3.63) is 23.5 Å². The third-order valence-corrected chi connectivity index (χ3v) is 8.57. The van der Waals surface area contributed by atoms with Gasteiger partial charge in [0.25, 0.3) is 0 Å². The van der Waals surface area contributed by atoms with Gasteiger partial charge >= 0.3 is 12.1 Å². The zero-order valence-electron chi connectivity index (χ0n) is 22.1. The van der Waals surface area contributed by atoms with E-state index in [9.17, 15) is 19.5 Å². The number of carbonyl (C=O) groups excluding carboxylic acids is 2. The number of rotatable bonds is 5. The molecule has 1 aliphatic carbocycles. The number of carboxylic acids is 1. The molecule has 5 rings (SSSR count). The van der Waals surface area contributed by atoms with Crippen LogP contribution in [0.1, 0.15) is 88.6 Å². The van der Waals surface area contributed by atoms with Crippen molar-refractivity contribution in [1.82, 2.24) is 14.5 Å². The molecule has 9 heteroatoms. The standard InChI is InChI=1S/C28H38N4O5/c1-17(16-30-14-5-4-9-24(30)33)26-29-25-21-11-10-18(2)31(28(36)37-3)22(21)12-13-23(25)32(26)20-8-6-7-19(15-20)27(34)35/h12-13,17-20H,4-11,14-16H2,1-3H3,(H,34,35)/t17?,18?,19-,20+/m0/s1. The molecule has 2 aliphatic heterocycles. The summed E-state index contributed by atoms with van der Waals surface area (Å²) in [6.45, 7) is 5.52. The second kappa shape index (κ2) is 10.3. The van der Waals surface area contributed by atoms with Crippen LogP contribution in [0.15, 0.2) is 12.1 Å². The fourth-order valence-electron chi connectivity index (χ4n) is 6.61. The number of likely N-dealkylation sites (tertiary alicyclic amines) is 1. The molecule has 2 amide bonds. The van der Waals surface area contributed by atoms with E-state index in [1.165, 1.54) is 7.11 Å². The summed E-state index contributed by atoms with van der Waals surface area (Å²) in [5, 5.41) is 9.76. The summed E-state index contributed by atoms with van der Waals surface area (Å²) < 4.78 is 7.36. The van der Waals surface area contributed by atoms with E-state index in [4.69, 9.17) is 9.72 Å². The molecule has 9 nitrogen and oxygen atoms in total. The van der Waals surface area contributed by atoms with E-state index < -0.39 is 5.97 Å². The van der Waals surface area contributed by atoms with Crippen LogP contribution >= 0.6 is 0 Å². The predicted octanol–water partition coefficient (Wildman–Crippen LogP) is 4.88. The predicted molar refractivity (Wildman–Crippen MR) is 140 cm³/mol. The number of ether oxygens (including phenoxy) is 1. The first kappa shape index (κ1) is 25.5. The van der Waals surface area contributed by atoms with Crippen molar-refractivity contribution in [3.8, 4) is 0 Å². The normalized spacial score (nSPS) is 25.2. The lowest BCUT2D eigenvalue weighted by Gasteiger charge is -2.34. The molecule has 3 heterocycles. The van der Waals surface area contributed by atoms with E-state index in [0.717, 1.165) is 73.2 Å². The number of methoxy groups -OCH3 is 1. The lowest BCUT2D eigenvalue weighted by atomic mass is 9.85. The van der Waals surface area contributed by atoms with Gasteiger partial charge < -0.3 is 19.3 Å². The number of imidazole rings is 1. The third-order valence-electron chi connectivity index (χ3n) is 8.57. The number of nitrogens with zero attached hydrogens (tertiary/aromatic N) is 4. The Hall–Kier alpha value is -3.10. The molecule has 200 valence electrons. The quantitative estimate of drug-likeness (QED) is 0.615. The maximum absolute atomic E-state index is 12.6. The summed E-state index contributed by atoms with van der Waals surface area (Å²) in [7, 11) is 1.40. The van der Waals surface area contributed by atoms with Crippen molar-refractivity contribution in [1.29, 1.82) is 0 Å². The number of fused-ring (bicyclic) bond motifs is 3. The fourth-order valence-corrected chi connectivity index (χ4v) is 6.61. The number of aryl methyl sites for hydroxylation is 1. The first-order valence-corrected chi connectivity index (χ1v) is 13.7. The monoisotopic (exact) mass is 510 g/mol. The smallest absolute Gasteiger partial charge is 0.414 e. The van der Waals surface area contributed by atoms with Crippen LogP contribution in [0.2, 0.25) is 0 Å². The van der Waals surface area contributed by atoms with Crippen LogP contribution in [0.25, 0.3) is 11.0 Å². The van der Waals surface area contributed by atoms with Gasteiger partial charge in [0.2, 0.25) is 5.91 Å². The zero-order valence-corrected chi connectivity index (χ0v) is 22.1. The highest BCUT2D eigenvalue weighted by molar-refractivity contribution is 5.95. The van der Waals surface area contributed by atoms with Crippen LogP contribution in [0.3, 0.4) is 0 Å². The number of aromatic nitrogens is 2. The molecule has 3 aliphatic rings. The van der Waals surface area contributed by atoms with Crippen LogP contribution in [0.5, 0.6) is 0 Å². The number of anilines is 1. The summed E-state index contributed by atoms with van der Waals surface area (Å²) in [4.78, 5) is 46.0. The Kier molecular flexibility index (Phi) is 7.14. The Morgan fingerprint density at radius 2 is 1.97 bits per heavy atom. The second-order valence-corrected chi connectivity index (χ2v) is 11.1. The van der Waals surface area contributed by atoms with E-state index in [0.29, 0.717) is 25.8 Å². The molecule has 1 aromatic heterocycles. The summed E-state index contributed by atoms with van der Waals surface area (Å²) in [6, 6.07) is 4.08. The van der Waals surface area contributed by atoms with Gasteiger partial charge in [0.15, 0.2) is 0 Å². The number of amides is 2. The van der Waals surface area contributed by atoms with E-state index in [1.54, 1.807) is 4.90 Å². The summed E-state index contributed by atoms with van der Waals surface area (Å²) >= 11 is 0. The second-order valence-electron chi connectivity index (χ2n) is 11.1. The van der Waals surface area contributed by atoms with Crippen molar-refractivity contribution in [2.75, 3.05) is 25.1 Å². The summed E-state index contributed by atoms with van der Waals surface area (Å²) in [5.41, 5.74) is 3.73. The average Bonchev–Trinajstić information content (AvgIpc) is 3.29. The van der Waals surface area contributed by atoms with Crippen LogP contribution in [0.4, 0.5) is 10.5 Å². The fraction of sp³-hybridized carbons (Fsp3) is 0.643. The zero-order chi connectivity index (χ0) is 26.3. The minimum atomic E-state index is -0.734. The highest BCUT2D eigenvalue weighted by Gasteiger charge is 2.35. The SMILES string of the molecule is COC(=O)N1c2ccc3c(nc(C(C)CN4CCCCC4=O)n3[C@@H]3CCC[C@H](C(=O)O)C3)c2CCC1C. The Labute approximate surface area is 217 Å². The van der Waals surface area contributed by atoms with Crippen molar-refractivity contribution >= 4 is 34.7 Å². The van der Waals surface area contributed by atoms with Crippen molar-refractivity contribution in [2.24, 2.45) is 5.92 Å². The maximum atomic E-state index is 12.6. The molecule has 1 saturated carbocycles.